The molecule has 18 heavy (non-hydrogen) atoms. The predicted molar refractivity (Wildman–Crippen MR) is 70.4 cm³/mol. The number of β-amino-alcohol motifs (C(OH)–C–C–N with tert-alkyl or cyclic N) is 1. The van der Waals surface area contributed by atoms with Crippen LogP contribution in [0.4, 0.5) is 0 Å². The molecule has 1 heterocycles. The second kappa shape index (κ2) is 6.50. The third-order valence-electron chi connectivity index (χ3n) is 3.06. The number of piperazine rings is 1. The highest BCUT2D eigenvalue weighted by molar-refractivity contribution is 5.80. The molecular formula is C13H26N2O3. The maximum absolute atomic E-state index is 12.0. The number of carbonyl (C=O) groups excluding carboxylic acids is 1. The summed E-state index contributed by atoms with van der Waals surface area (Å²) >= 11 is 0. The molecule has 5 heteroatoms. The summed E-state index contributed by atoms with van der Waals surface area (Å²) in [5.74, 6) is 0.0692. The van der Waals surface area contributed by atoms with Crippen molar-refractivity contribution in [2.24, 2.45) is 0 Å². The molecule has 1 rings (SSSR count). The first-order chi connectivity index (χ1) is 8.33. The van der Waals surface area contributed by atoms with Crippen LogP contribution in [-0.2, 0) is 9.53 Å². The Balaban J connectivity index is 2.37. The SMILES string of the molecule is CCO[C@H](C)C(=O)N1CCN(CC(C)(C)O)CC1. The molecule has 0 spiro atoms. The Hall–Kier alpha value is -0.650. The van der Waals surface area contributed by atoms with Gasteiger partial charge >= 0.3 is 0 Å². The summed E-state index contributed by atoms with van der Waals surface area (Å²) in [6, 6.07) is 0. The van der Waals surface area contributed by atoms with Crippen molar-refractivity contribution in [3.05, 3.63) is 0 Å². The lowest BCUT2D eigenvalue weighted by Gasteiger charge is -2.38. The Morgan fingerprint density at radius 3 is 2.33 bits per heavy atom. The fourth-order valence-corrected chi connectivity index (χ4v) is 2.25. The van der Waals surface area contributed by atoms with Crippen LogP contribution in [0, 0.1) is 0 Å². The van der Waals surface area contributed by atoms with Crippen molar-refractivity contribution >= 4 is 5.91 Å². The molecule has 1 aliphatic rings. The number of carbonyl (C=O) groups is 1. The van der Waals surface area contributed by atoms with Crippen LogP contribution >= 0.6 is 0 Å². The average Bonchev–Trinajstić information content (AvgIpc) is 2.27. The molecule has 0 radical (unpaired) electrons. The number of amides is 1. The Morgan fingerprint density at radius 2 is 1.89 bits per heavy atom. The number of aliphatic hydroxyl groups is 1. The molecule has 1 saturated heterocycles. The molecule has 1 amide bonds. The van der Waals surface area contributed by atoms with Gasteiger partial charge in [0.15, 0.2) is 0 Å². The Labute approximate surface area is 110 Å². The highest BCUT2D eigenvalue weighted by atomic mass is 16.5. The van der Waals surface area contributed by atoms with Crippen molar-refractivity contribution in [3.63, 3.8) is 0 Å². The first-order valence-corrected chi connectivity index (χ1v) is 6.68. The summed E-state index contributed by atoms with van der Waals surface area (Å²) < 4.78 is 5.32. The van der Waals surface area contributed by atoms with E-state index in [9.17, 15) is 9.90 Å². The second-order valence-electron chi connectivity index (χ2n) is 5.51. The minimum atomic E-state index is -0.676. The molecule has 1 aliphatic heterocycles. The fraction of sp³-hybridized carbons (Fsp3) is 0.923. The molecule has 106 valence electrons. The Bertz CT molecular complexity index is 268. The van der Waals surface area contributed by atoms with Gasteiger partial charge in [-0.05, 0) is 27.7 Å². The van der Waals surface area contributed by atoms with Crippen LogP contribution in [0.15, 0.2) is 0 Å². The number of ether oxygens (including phenoxy) is 1. The Kier molecular flexibility index (Phi) is 5.56. The summed E-state index contributed by atoms with van der Waals surface area (Å²) in [7, 11) is 0. The smallest absolute Gasteiger partial charge is 0.251 e. The molecule has 0 aromatic heterocycles. The van der Waals surface area contributed by atoms with Crippen LogP contribution < -0.4 is 0 Å². The van der Waals surface area contributed by atoms with Crippen molar-refractivity contribution in [1.82, 2.24) is 9.80 Å². The summed E-state index contributed by atoms with van der Waals surface area (Å²) in [5.41, 5.74) is -0.676. The maximum atomic E-state index is 12.0. The summed E-state index contributed by atoms with van der Waals surface area (Å²) in [4.78, 5) is 16.1. The third kappa shape index (κ3) is 4.92. The molecule has 0 aliphatic carbocycles. The summed E-state index contributed by atoms with van der Waals surface area (Å²) in [6.45, 7) is 11.6. The van der Waals surface area contributed by atoms with Gasteiger partial charge in [-0.1, -0.05) is 0 Å². The van der Waals surface area contributed by atoms with Crippen molar-refractivity contribution in [2.45, 2.75) is 39.4 Å². The quantitative estimate of drug-likeness (QED) is 0.772. The largest absolute Gasteiger partial charge is 0.389 e. The van der Waals surface area contributed by atoms with Gasteiger partial charge in [0, 0.05) is 39.3 Å². The number of hydrogen-bond acceptors (Lipinski definition) is 4. The highest BCUT2D eigenvalue weighted by Crippen LogP contribution is 2.10. The molecule has 5 nitrogen and oxygen atoms in total. The Morgan fingerprint density at radius 1 is 1.33 bits per heavy atom. The number of rotatable bonds is 5. The molecular weight excluding hydrogens is 232 g/mol. The minimum Gasteiger partial charge on any atom is -0.389 e. The van der Waals surface area contributed by atoms with Crippen LogP contribution in [0.3, 0.4) is 0 Å². The van der Waals surface area contributed by atoms with E-state index < -0.39 is 5.60 Å². The fourth-order valence-electron chi connectivity index (χ4n) is 2.25. The van der Waals surface area contributed by atoms with Gasteiger partial charge in [-0.3, -0.25) is 9.69 Å². The van der Waals surface area contributed by atoms with Gasteiger partial charge in [0.25, 0.3) is 5.91 Å². The topological polar surface area (TPSA) is 53.0 Å². The van der Waals surface area contributed by atoms with Crippen LogP contribution in [0.2, 0.25) is 0 Å². The van der Waals surface area contributed by atoms with Crippen molar-refractivity contribution in [1.29, 1.82) is 0 Å². The normalized spacial score (nSPS) is 19.9. The molecule has 1 N–H and O–H groups in total. The molecule has 0 unspecified atom stereocenters. The van der Waals surface area contributed by atoms with Gasteiger partial charge in [-0.25, -0.2) is 0 Å². The zero-order chi connectivity index (χ0) is 13.8. The average molecular weight is 258 g/mol. The lowest BCUT2D eigenvalue weighted by molar-refractivity contribution is -0.144. The summed E-state index contributed by atoms with van der Waals surface area (Å²) in [6.07, 6.45) is -0.351. The monoisotopic (exact) mass is 258 g/mol. The minimum absolute atomic E-state index is 0.0692. The molecule has 0 aromatic carbocycles. The van der Waals surface area contributed by atoms with Crippen molar-refractivity contribution in [3.8, 4) is 0 Å². The van der Waals surface area contributed by atoms with Crippen LogP contribution in [-0.4, -0.2) is 71.8 Å². The lowest BCUT2D eigenvalue weighted by Crippen LogP contribution is -2.53. The summed E-state index contributed by atoms with van der Waals surface area (Å²) in [5, 5.41) is 9.76. The van der Waals surface area contributed by atoms with E-state index in [0.717, 1.165) is 13.1 Å². The first kappa shape index (κ1) is 15.4. The van der Waals surface area contributed by atoms with E-state index in [1.807, 2.05) is 25.7 Å². The van der Waals surface area contributed by atoms with Gasteiger partial charge in [0.05, 0.1) is 5.60 Å². The van der Waals surface area contributed by atoms with Gasteiger partial charge in [-0.15, -0.1) is 0 Å². The van der Waals surface area contributed by atoms with E-state index in [1.165, 1.54) is 0 Å². The molecule has 0 aromatic rings. The van der Waals surface area contributed by atoms with Crippen LogP contribution in [0.25, 0.3) is 0 Å². The molecule has 1 fully saturated rings. The zero-order valence-corrected chi connectivity index (χ0v) is 12.0. The van der Waals surface area contributed by atoms with Gasteiger partial charge in [0.1, 0.15) is 6.10 Å². The molecule has 0 saturated carbocycles. The predicted octanol–water partition coefficient (Wildman–Crippen LogP) is 0.327. The standard InChI is InChI=1S/C13H26N2O3/c1-5-18-11(2)12(16)15-8-6-14(7-9-15)10-13(3,4)17/h11,17H,5-10H2,1-4H3/t11-/m1/s1. The van der Waals surface area contributed by atoms with Gasteiger partial charge in [0.2, 0.25) is 0 Å². The first-order valence-electron chi connectivity index (χ1n) is 6.68. The van der Waals surface area contributed by atoms with E-state index in [-0.39, 0.29) is 12.0 Å². The number of hydrogen-bond donors (Lipinski definition) is 1. The van der Waals surface area contributed by atoms with E-state index in [1.54, 1.807) is 6.92 Å². The third-order valence-corrected chi connectivity index (χ3v) is 3.06. The second-order valence-corrected chi connectivity index (χ2v) is 5.51. The van der Waals surface area contributed by atoms with E-state index >= 15 is 0 Å². The van der Waals surface area contributed by atoms with Crippen LogP contribution in [0.5, 0.6) is 0 Å². The van der Waals surface area contributed by atoms with E-state index in [4.69, 9.17) is 4.74 Å². The zero-order valence-electron chi connectivity index (χ0n) is 12.0. The van der Waals surface area contributed by atoms with Gasteiger partial charge in [-0.2, -0.15) is 0 Å². The highest BCUT2D eigenvalue weighted by Gasteiger charge is 2.27. The van der Waals surface area contributed by atoms with Gasteiger partial charge < -0.3 is 14.7 Å². The van der Waals surface area contributed by atoms with E-state index in [0.29, 0.717) is 26.2 Å². The molecule has 1 atom stereocenters. The molecule has 0 bridgehead atoms. The maximum Gasteiger partial charge on any atom is 0.251 e. The van der Waals surface area contributed by atoms with Crippen LogP contribution in [0.1, 0.15) is 27.7 Å². The lowest BCUT2D eigenvalue weighted by atomic mass is 10.1. The van der Waals surface area contributed by atoms with E-state index in [2.05, 4.69) is 4.90 Å². The number of nitrogens with zero attached hydrogens (tertiary/aromatic N) is 2. The van der Waals surface area contributed by atoms with Crippen molar-refractivity contribution in [2.75, 3.05) is 39.3 Å². The van der Waals surface area contributed by atoms with Crippen molar-refractivity contribution < 1.29 is 14.6 Å².